The fourth-order valence-electron chi connectivity index (χ4n) is 2.72. The van der Waals surface area contributed by atoms with Crippen LogP contribution in [0.1, 0.15) is 16.1 Å². The topological polar surface area (TPSA) is 108 Å². The molecule has 30 heavy (non-hydrogen) atoms. The van der Waals surface area contributed by atoms with Gasteiger partial charge in [0.2, 0.25) is 0 Å². The summed E-state index contributed by atoms with van der Waals surface area (Å²) in [5, 5.41) is 7.85. The van der Waals surface area contributed by atoms with Crippen molar-refractivity contribution in [3.63, 3.8) is 0 Å². The predicted octanol–water partition coefficient (Wildman–Crippen LogP) is 3.61. The van der Waals surface area contributed by atoms with Crippen molar-refractivity contribution < 1.29 is 19.1 Å². The maximum atomic E-state index is 12.9. The van der Waals surface area contributed by atoms with E-state index in [9.17, 15) is 9.59 Å². The number of nitrogens with two attached hydrogens (primary N) is 1. The van der Waals surface area contributed by atoms with Crippen molar-refractivity contribution in [3.05, 3.63) is 63.8 Å². The van der Waals surface area contributed by atoms with E-state index in [4.69, 9.17) is 38.4 Å². The number of amides is 2. The lowest BCUT2D eigenvalue weighted by molar-refractivity contribution is -0.119. The smallest absolute Gasteiger partial charge is 0.257 e. The van der Waals surface area contributed by atoms with Gasteiger partial charge in [-0.3, -0.25) is 9.59 Å². The van der Waals surface area contributed by atoms with Crippen LogP contribution in [0, 0.1) is 6.92 Å². The minimum Gasteiger partial charge on any atom is -0.493 e. The second-order valence-electron chi connectivity index (χ2n) is 6.26. The fraction of sp³-hybridized carbons (Fsp3) is 0.150. The summed E-state index contributed by atoms with van der Waals surface area (Å²) in [4.78, 5) is 23.8. The highest BCUT2D eigenvalue weighted by molar-refractivity contribution is 6.33. The lowest BCUT2D eigenvalue weighted by Crippen LogP contribution is -2.20. The number of carbonyl (C=O) groups is 2. The van der Waals surface area contributed by atoms with E-state index in [0.29, 0.717) is 22.2 Å². The van der Waals surface area contributed by atoms with Gasteiger partial charge in [-0.1, -0.05) is 29.3 Å². The molecule has 0 saturated heterocycles. The summed E-state index contributed by atoms with van der Waals surface area (Å²) in [6.07, 6.45) is 0. The number of rotatable bonds is 7. The number of primary amides is 1. The molecule has 0 aliphatic rings. The Labute approximate surface area is 182 Å². The zero-order valence-electron chi connectivity index (χ0n) is 16.1. The van der Waals surface area contributed by atoms with Gasteiger partial charge in [0, 0.05) is 16.7 Å². The molecule has 10 heteroatoms. The van der Waals surface area contributed by atoms with Crippen molar-refractivity contribution in [2.24, 2.45) is 5.73 Å². The lowest BCUT2D eigenvalue weighted by Gasteiger charge is -2.14. The third kappa shape index (κ3) is 4.84. The van der Waals surface area contributed by atoms with E-state index in [1.807, 2.05) is 13.0 Å². The number of halogens is 2. The number of nitrogens with zero attached hydrogens (tertiary/aromatic N) is 2. The molecule has 2 aromatic carbocycles. The van der Waals surface area contributed by atoms with E-state index in [0.717, 1.165) is 0 Å². The molecule has 3 rings (SSSR count). The molecule has 8 nitrogen and oxygen atoms in total. The number of anilines is 1. The van der Waals surface area contributed by atoms with Gasteiger partial charge in [0.1, 0.15) is 5.82 Å². The van der Waals surface area contributed by atoms with Gasteiger partial charge in [-0.05, 0) is 37.3 Å². The molecular weight excluding hydrogens is 431 g/mol. The van der Waals surface area contributed by atoms with Crippen molar-refractivity contribution in [2.75, 3.05) is 19.0 Å². The summed E-state index contributed by atoms with van der Waals surface area (Å²) < 4.78 is 12.1. The minimum absolute atomic E-state index is 0.0975. The summed E-state index contributed by atoms with van der Waals surface area (Å²) in [6, 6.07) is 11.7. The summed E-state index contributed by atoms with van der Waals surface area (Å²) in [7, 11) is 1.39. The molecule has 0 saturated carbocycles. The van der Waals surface area contributed by atoms with Gasteiger partial charge in [0.25, 0.3) is 11.8 Å². The van der Waals surface area contributed by atoms with E-state index in [1.165, 1.54) is 19.2 Å². The van der Waals surface area contributed by atoms with Crippen LogP contribution >= 0.6 is 23.2 Å². The highest BCUT2D eigenvalue weighted by atomic mass is 35.5. The Morgan fingerprint density at radius 3 is 2.63 bits per heavy atom. The zero-order valence-corrected chi connectivity index (χ0v) is 17.6. The second kappa shape index (κ2) is 9.06. The quantitative estimate of drug-likeness (QED) is 0.573. The molecule has 0 unspecified atom stereocenters. The number of benzene rings is 2. The van der Waals surface area contributed by atoms with Gasteiger partial charge in [0.15, 0.2) is 18.1 Å². The predicted molar refractivity (Wildman–Crippen MR) is 114 cm³/mol. The lowest BCUT2D eigenvalue weighted by atomic mass is 10.2. The van der Waals surface area contributed by atoms with Crippen LogP contribution in [0.2, 0.25) is 10.0 Å². The first kappa shape index (κ1) is 21.5. The zero-order chi connectivity index (χ0) is 21.8. The fourth-order valence-corrected chi connectivity index (χ4v) is 3.17. The van der Waals surface area contributed by atoms with Gasteiger partial charge >= 0.3 is 0 Å². The maximum absolute atomic E-state index is 12.9. The molecule has 0 spiro atoms. The third-order valence-corrected chi connectivity index (χ3v) is 4.49. The molecule has 0 aliphatic carbocycles. The van der Waals surface area contributed by atoms with E-state index in [2.05, 4.69) is 10.4 Å². The first-order valence-corrected chi connectivity index (χ1v) is 9.46. The highest BCUT2D eigenvalue weighted by Crippen LogP contribution is 2.36. The van der Waals surface area contributed by atoms with Gasteiger partial charge in [-0.25, -0.2) is 4.68 Å². The van der Waals surface area contributed by atoms with Crippen LogP contribution in [0.5, 0.6) is 11.5 Å². The van der Waals surface area contributed by atoms with E-state index in [-0.39, 0.29) is 28.7 Å². The first-order chi connectivity index (χ1) is 14.3. The van der Waals surface area contributed by atoms with Gasteiger partial charge in [0.05, 0.1) is 23.5 Å². The van der Waals surface area contributed by atoms with Crippen molar-refractivity contribution in [1.29, 1.82) is 0 Å². The number of ether oxygens (including phenoxy) is 2. The normalized spacial score (nSPS) is 10.5. The number of aryl methyl sites for hydroxylation is 1. The standard InChI is InChI=1S/C20H18Cl2N4O4/c1-11-6-18(26(25-11)14-5-3-4-13(21)9-14)24-20(28)12-7-15(22)19(16(8-12)29-2)30-10-17(23)27/h3-9H,10H2,1-2H3,(H2,23,27)(H,24,28). The van der Waals surface area contributed by atoms with Crippen molar-refractivity contribution in [3.8, 4) is 17.2 Å². The van der Waals surface area contributed by atoms with Crippen LogP contribution in [0.4, 0.5) is 5.82 Å². The van der Waals surface area contributed by atoms with Crippen LogP contribution in [0.15, 0.2) is 42.5 Å². The van der Waals surface area contributed by atoms with Gasteiger partial charge in [-0.15, -0.1) is 0 Å². The average molecular weight is 449 g/mol. The molecule has 3 N–H and O–H groups in total. The third-order valence-electron chi connectivity index (χ3n) is 3.98. The molecule has 0 bridgehead atoms. The molecule has 0 atom stereocenters. The average Bonchev–Trinajstić information content (AvgIpc) is 3.06. The molecule has 3 aromatic rings. The SMILES string of the molecule is COc1cc(C(=O)Nc2cc(C)nn2-c2cccc(Cl)c2)cc(Cl)c1OCC(N)=O. The molecule has 0 radical (unpaired) electrons. The van der Waals surface area contributed by atoms with Crippen LogP contribution in [-0.2, 0) is 4.79 Å². The Balaban J connectivity index is 1.90. The Hall–Kier alpha value is -3.23. The van der Waals surface area contributed by atoms with Crippen LogP contribution < -0.4 is 20.5 Å². The molecule has 2 amide bonds. The largest absolute Gasteiger partial charge is 0.493 e. The Kier molecular flexibility index (Phi) is 6.49. The van der Waals surface area contributed by atoms with E-state index >= 15 is 0 Å². The van der Waals surface area contributed by atoms with Crippen LogP contribution in [0.3, 0.4) is 0 Å². The minimum atomic E-state index is -0.667. The van der Waals surface area contributed by atoms with E-state index < -0.39 is 11.8 Å². The van der Waals surface area contributed by atoms with Crippen LogP contribution in [-0.4, -0.2) is 35.3 Å². The summed E-state index contributed by atoms with van der Waals surface area (Å²) in [6.45, 7) is 1.43. The molecular formula is C20H18Cl2N4O4. The van der Waals surface area contributed by atoms with Crippen molar-refractivity contribution in [2.45, 2.75) is 6.92 Å². The number of hydrogen-bond donors (Lipinski definition) is 2. The number of carbonyl (C=O) groups excluding carboxylic acids is 2. The molecule has 1 aromatic heterocycles. The number of nitrogens with one attached hydrogen (secondary N) is 1. The number of methoxy groups -OCH3 is 1. The van der Waals surface area contributed by atoms with Crippen molar-refractivity contribution >= 4 is 40.8 Å². The number of aromatic nitrogens is 2. The van der Waals surface area contributed by atoms with E-state index in [1.54, 1.807) is 28.9 Å². The summed E-state index contributed by atoms with van der Waals surface area (Å²) >= 11 is 12.3. The van der Waals surface area contributed by atoms with Crippen molar-refractivity contribution in [1.82, 2.24) is 9.78 Å². The second-order valence-corrected chi connectivity index (χ2v) is 7.10. The van der Waals surface area contributed by atoms with Crippen LogP contribution in [0.25, 0.3) is 5.69 Å². The Bertz CT molecular complexity index is 1110. The van der Waals surface area contributed by atoms with Gasteiger partial charge in [-0.2, -0.15) is 5.10 Å². The monoisotopic (exact) mass is 448 g/mol. The molecule has 0 aliphatic heterocycles. The first-order valence-electron chi connectivity index (χ1n) is 8.71. The Morgan fingerprint density at radius 1 is 1.20 bits per heavy atom. The molecule has 156 valence electrons. The number of hydrogen-bond acceptors (Lipinski definition) is 5. The van der Waals surface area contributed by atoms with Gasteiger partial charge < -0.3 is 20.5 Å². The molecule has 1 heterocycles. The highest BCUT2D eigenvalue weighted by Gasteiger charge is 2.18. The molecule has 0 fully saturated rings. The summed E-state index contributed by atoms with van der Waals surface area (Å²) in [5.74, 6) is -0.355. The maximum Gasteiger partial charge on any atom is 0.257 e. The Morgan fingerprint density at radius 2 is 1.97 bits per heavy atom. The summed E-state index contributed by atoms with van der Waals surface area (Å²) in [5.41, 5.74) is 6.71.